The van der Waals surface area contributed by atoms with Crippen molar-refractivity contribution in [3.8, 4) is 17.2 Å². The van der Waals surface area contributed by atoms with Crippen LogP contribution in [0.1, 0.15) is 31.4 Å². The number of hydrogen-bond donors (Lipinski definition) is 1. The van der Waals surface area contributed by atoms with Gasteiger partial charge in [0.15, 0.2) is 11.5 Å². The molecule has 0 saturated carbocycles. The van der Waals surface area contributed by atoms with Crippen molar-refractivity contribution in [3.05, 3.63) is 53.1 Å². The molecule has 0 aromatic heterocycles. The van der Waals surface area contributed by atoms with Crippen molar-refractivity contribution in [1.29, 1.82) is 0 Å². The maximum Gasteiger partial charge on any atom is 0.234 e. The van der Waals surface area contributed by atoms with Gasteiger partial charge >= 0.3 is 0 Å². The molecular weight excluding hydrogens is 404 g/mol. The molecule has 1 amide bonds. The predicted octanol–water partition coefficient (Wildman–Crippen LogP) is 4.08. The van der Waals surface area contributed by atoms with Gasteiger partial charge < -0.3 is 19.5 Å². The molecule has 1 atom stereocenters. The Labute approximate surface area is 183 Å². The van der Waals surface area contributed by atoms with E-state index in [2.05, 4.69) is 10.2 Å². The van der Waals surface area contributed by atoms with E-state index in [1.54, 1.807) is 14.2 Å². The van der Waals surface area contributed by atoms with Gasteiger partial charge in [-0.2, -0.15) is 0 Å². The lowest BCUT2D eigenvalue weighted by Crippen LogP contribution is -2.44. The fraction of sp³-hybridized carbons (Fsp3) is 0.435. The first-order chi connectivity index (χ1) is 14.5. The molecule has 1 N–H and O–H groups in total. The second-order valence-electron chi connectivity index (χ2n) is 7.40. The molecule has 6 nitrogen and oxygen atoms in total. The highest BCUT2D eigenvalue weighted by Gasteiger charge is 2.25. The van der Waals surface area contributed by atoms with Crippen molar-refractivity contribution in [2.24, 2.45) is 0 Å². The van der Waals surface area contributed by atoms with Gasteiger partial charge in [-0.3, -0.25) is 9.69 Å². The van der Waals surface area contributed by atoms with Crippen LogP contribution in [0.2, 0.25) is 5.02 Å². The number of methoxy groups -OCH3 is 2. The smallest absolute Gasteiger partial charge is 0.234 e. The zero-order valence-electron chi connectivity index (χ0n) is 17.7. The van der Waals surface area contributed by atoms with Crippen LogP contribution in [0.3, 0.4) is 0 Å². The number of piperidine rings is 1. The first-order valence-corrected chi connectivity index (χ1v) is 10.5. The van der Waals surface area contributed by atoms with Crippen LogP contribution >= 0.6 is 11.6 Å². The van der Waals surface area contributed by atoms with Crippen LogP contribution in [-0.2, 0) is 4.79 Å². The number of carbonyl (C=O) groups excluding carboxylic acids is 1. The summed E-state index contributed by atoms with van der Waals surface area (Å²) < 4.78 is 17.0. The lowest BCUT2D eigenvalue weighted by Gasteiger charge is -2.32. The number of likely N-dealkylation sites (tertiary alicyclic amines) is 1. The Kier molecular flexibility index (Phi) is 7.82. The molecule has 0 spiro atoms. The molecule has 1 fully saturated rings. The maximum atomic E-state index is 12.5. The van der Waals surface area contributed by atoms with Gasteiger partial charge in [0.25, 0.3) is 0 Å². The second-order valence-corrected chi connectivity index (χ2v) is 7.80. The molecule has 1 heterocycles. The average Bonchev–Trinajstić information content (AvgIpc) is 2.75. The highest BCUT2D eigenvalue weighted by Crippen LogP contribution is 2.38. The molecule has 2 aromatic carbocycles. The summed E-state index contributed by atoms with van der Waals surface area (Å²) in [5.41, 5.74) is 0.922. The molecule has 2 aromatic rings. The standard InChI is InChI=1S/C23H29ClN2O4/c1-16(18-7-4-5-8-19(18)24)25-22(27)15-26-13-11-17(12-14-26)30-23-20(28-2)9-6-10-21(23)29-3/h4-10,16-17H,11-15H2,1-3H3,(H,25,27). The minimum Gasteiger partial charge on any atom is -0.493 e. The number of para-hydroxylation sites is 1. The molecule has 1 saturated heterocycles. The van der Waals surface area contributed by atoms with Crippen LogP contribution in [0.25, 0.3) is 0 Å². The highest BCUT2D eigenvalue weighted by atomic mass is 35.5. The van der Waals surface area contributed by atoms with Crippen LogP contribution in [0.15, 0.2) is 42.5 Å². The topological polar surface area (TPSA) is 60.0 Å². The van der Waals surface area contributed by atoms with Crippen LogP contribution in [0.4, 0.5) is 0 Å². The monoisotopic (exact) mass is 432 g/mol. The third-order valence-electron chi connectivity index (χ3n) is 5.32. The third kappa shape index (κ3) is 5.58. The van der Waals surface area contributed by atoms with Crippen LogP contribution in [0.5, 0.6) is 17.2 Å². The van der Waals surface area contributed by atoms with E-state index in [1.807, 2.05) is 49.4 Å². The largest absolute Gasteiger partial charge is 0.493 e. The maximum absolute atomic E-state index is 12.5. The van der Waals surface area contributed by atoms with Crippen molar-refractivity contribution in [2.45, 2.75) is 31.9 Å². The molecule has 0 bridgehead atoms. The average molecular weight is 433 g/mol. The van der Waals surface area contributed by atoms with E-state index in [1.165, 1.54) is 0 Å². The van der Waals surface area contributed by atoms with E-state index >= 15 is 0 Å². The van der Waals surface area contributed by atoms with E-state index in [0.29, 0.717) is 28.8 Å². The zero-order valence-corrected chi connectivity index (χ0v) is 18.4. The van der Waals surface area contributed by atoms with Crippen molar-refractivity contribution in [2.75, 3.05) is 33.9 Å². The van der Waals surface area contributed by atoms with E-state index in [-0.39, 0.29) is 18.1 Å². The van der Waals surface area contributed by atoms with Gasteiger partial charge in [-0.1, -0.05) is 35.9 Å². The Bertz CT molecular complexity index is 831. The van der Waals surface area contributed by atoms with Crippen molar-refractivity contribution < 1.29 is 19.0 Å². The first kappa shape index (κ1) is 22.2. The van der Waals surface area contributed by atoms with Gasteiger partial charge in [0.1, 0.15) is 6.10 Å². The number of carbonyl (C=O) groups is 1. The van der Waals surface area contributed by atoms with Gasteiger partial charge in [0, 0.05) is 18.1 Å². The highest BCUT2D eigenvalue weighted by molar-refractivity contribution is 6.31. The molecule has 7 heteroatoms. The van der Waals surface area contributed by atoms with E-state index in [0.717, 1.165) is 31.5 Å². The molecule has 0 aliphatic carbocycles. The summed E-state index contributed by atoms with van der Waals surface area (Å²) in [6, 6.07) is 13.0. The summed E-state index contributed by atoms with van der Waals surface area (Å²) in [6.07, 6.45) is 1.71. The summed E-state index contributed by atoms with van der Waals surface area (Å²) in [5, 5.41) is 3.70. The molecule has 1 unspecified atom stereocenters. The molecule has 1 aliphatic rings. The number of halogens is 1. The number of amides is 1. The van der Waals surface area contributed by atoms with E-state index in [4.69, 9.17) is 25.8 Å². The van der Waals surface area contributed by atoms with Crippen molar-refractivity contribution in [3.63, 3.8) is 0 Å². The Balaban J connectivity index is 1.49. The normalized spacial score (nSPS) is 16.0. The number of nitrogens with zero attached hydrogens (tertiary/aromatic N) is 1. The van der Waals surface area contributed by atoms with Gasteiger partial charge in [-0.25, -0.2) is 0 Å². The van der Waals surface area contributed by atoms with Crippen LogP contribution in [0, 0.1) is 0 Å². The van der Waals surface area contributed by atoms with Crippen LogP contribution in [-0.4, -0.2) is 50.8 Å². The van der Waals surface area contributed by atoms with Gasteiger partial charge in [0.2, 0.25) is 11.7 Å². The summed E-state index contributed by atoms with van der Waals surface area (Å²) in [7, 11) is 3.24. The van der Waals surface area contributed by atoms with E-state index in [9.17, 15) is 4.79 Å². The minimum atomic E-state index is -0.134. The fourth-order valence-corrected chi connectivity index (χ4v) is 3.98. The number of nitrogens with one attached hydrogen (secondary N) is 1. The van der Waals surface area contributed by atoms with Gasteiger partial charge in [-0.15, -0.1) is 0 Å². The first-order valence-electron chi connectivity index (χ1n) is 10.2. The second kappa shape index (κ2) is 10.5. The molecule has 1 aliphatic heterocycles. The number of rotatable bonds is 8. The Morgan fingerprint density at radius 2 is 1.73 bits per heavy atom. The Hall–Kier alpha value is -2.44. The predicted molar refractivity (Wildman–Crippen MR) is 118 cm³/mol. The summed E-state index contributed by atoms with van der Waals surface area (Å²) in [6.45, 7) is 3.88. The zero-order chi connectivity index (χ0) is 21.5. The number of benzene rings is 2. The van der Waals surface area contributed by atoms with Gasteiger partial charge in [-0.05, 0) is 43.5 Å². The van der Waals surface area contributed by atoms with Crippen molar-refractivity contribution >= 4 is 17.5 Å². The Morgan fingerprint density at radius 3 is 2.33 bits per heavy atom. The molecule has 0 radical (unpaired) electrons. The van der Waals surface area contributed by atoms with Crippen molar-refractivity contribution in [1.82, 2.24) is 10.2 Å². The quantitative estimate of drug-likeness (QED) is 0.681. The third-order valence-corrected chi connectivity index (χ3v) is 5.66. The Morgan fingerprint density at radius 1 is 1.10 bits per heavy atom. The number of hydrogen-bond acceptors (Lipinski definition) is 5. The molecule has 3 rings (SSSR count). The molecule has 30 heavy (non-hydrogen) atoms. The van der Waals surface area contributed by atoms with E-state index < -0.39 is 0 Å². The van der Waals surface area contributed by atoms with Gasteiger partial charge in [0.05, 0.1) is 26.8 Å². The minimum absolute atomic E-state index is 0.00631. The number of ether oxygens (including phenoxy) is 3. The lowest BCUT2D eigenvalue weighted by molar-refractivity contribution is -0.123. The SMILES string of the molecule is COc1cccc(OC)c1OC1CCN(CC(=O)NC(C)c2ccccc2Cl)CC1. The molecular formula is C23H29ClN2O4. The molecule has 162 valence electrons. The summed E-state index contributed by atoms with van der Waals surface area (Å²) in [4.78, 5) is 14.6. The lowest BCUT2D eigenvalue weighted by atomic mass is 10.1. The van der Waals surface area contributed by atoms with Crippen LogP contribution < -0.4 is 19.5 Å². The fourth-order valence-electron chi connectivity index (χ4n) is 3.68. The summed E-state index contributed by atoms with van der Waals surface area (Å²) in [5.74, 6) is 1.94. The summed E-state index contributed by atoms with van der Waals surface area (Å²) >= 11 is 6.23.